The number of benzene rings is 1. The second-order valence-electron chi connectivity index (χ2n) is 7.01. The zero-order chi connectivity index (χ0) is 21.1. The molecule has 3 amide bonds. The lowest BCUT2D eigenvalue weighted by Gasteiger charge is -2.23. The molecule has 0 aromatic heterocycles. The highest BCUT2D eigenvalue weighted by molar-refractivity contribution is 7.91. The summed E-state index contributed by atoms with van der Waals surface area (Å²) in [5.41, 5.74) is -0.950. The molecule has 2 unspecified atom stereocenters. The minimum atomic E-state index is -4.54. The molecule has 2 rings (SSSR count). The number of anilines is 1. The quantitative estimate of drug-likeness (QED) is 0.678. The van der Waals surface area contributed by atoms with E-state index < -0.39 is 45.6 Å². The van der Waals surface area contributed by atoms with Gasteiger partial charge in [0.2, 0.25) is 5.91 Å². The molecule has 1 aromatic rings. The van der Waals surface area contributed by atoms with Gasteiger partial charge in [-0.15, -0.1) is 0 Å². The van der Waals surface area contributed by atoms with Crippen molar-refractivity contribution in [1.29, 1.82) is 0 Å². The van der Waals surface area contributed by atoms with Crippen molar-refractivity contribution in [3.05, 3.63) is 29.8 Å². The van der Waals surface area contributed by atoms with Crippen LogP contribution >= 0.6 is 0 Å². The molecule has 7 nitrogen and oxygen atoms in total. The lowest BCUT2D eigenvalue weighted by molar-refractivity contribution is -0.137. The molecule has 0 aliphatic carbocycles. The normalized spacial score (nSPS) is 19.9. The van der Waals surface area contributed by atoms with Crippen LogP contribution in [0.25, 0.3) is 0 Å². The maximum atomic E-state index is 12.8. The SMILES string of the molecule is CC(C)C(NC(=O)NC1CCS(=O)(=O)C1)C(=O)Nc1cccc(C(F)(F)F)c1. The molecule has 1 aliphatic rings. The van der Waals surface area contributed by atoms with Crippen LogP contribution in [0.3, 0.4) is 0 Å². The van der Waals surface area contributed by atoms with Crippen LogP contribution in [0.2, 0.25) is 0 Å². The van der Waals surface area contributed by atoms with Gasteiger partial charge < -0.3 is 16.0 Å². The fraction of sp³-hybridized carbons (Fsp3) is 0.529. The van der Waals surface area contributed by atoms with Gasteiger partial charge in [0.05, 0.1) is 17.1 Å². The molecule has 0 saturated carbocycles. The molecule has 0 radical (unpaired) electrons. The third-order valence-electron chi connectivity index (χ3n) is 4.26. The van der Waals surface area contributed by atoms with E-state index in [-0.39, 0.29) is 23.1 Å². The van der Waals surface area contributed by atoms with Crippen molar-refractivity contribution < 1.29 is 31.2 Å². The molecular formula is C17H22F3N3O4S. The number of rotatable bonds is 5. The summed E-state index contributed by atoms with van der Waals surface area (Å²) in [4.78, 5) is 24.6. The number of carbonyl (C=O) groups is 2. The number of amides is 3. The van der Waals surface area contributed by atoms with Crippen molar-refractivity contribution in [2.75, 3.05) is 16.8 Å². The van der Waals surface area contributed by atoms with Gasteiger partial charge >= 0.3 is 12.2 Å². The van der Waals surface area contributed by atoms with Gasteiger partial charge in [0.15, 0.2) is 9.84 Å². The van der Waals surface area contributed by atoms with Crippen LogP contribution in [0, 0.1) is 5.92 Å². The maximum Gasteiger partial charge on any atom is 0.416 e. The average Bonchev–Trinajstić information content (AvgIpc) is 2.90. The van der Waals surface area contributed by atoms with E-state index in [1.54, 1.807) is 13.8 Å². The Labute approximate surface area is 161 Å². The lowest BCUT2D eigenvalue weighted by Crippen LogP contribution is -2.52. The standard InChI is InChI=1S/C17H22F3N3O4S/c1-10(2)14(23-16(25)22-13-6-7-28(26,27)9-13)15(24)21-12-5-3-4-11(8-12)17(18,19)20/h3-5,8,10,13-14H,6-7,9H2,1-2H3,(H,21,24)(H2,22,23,25). The summed E-state index contributed by atoms with van der Waals surface area (Å²) >= 11 is 0. The Bertz CT molecular complexity index is 840. The first-order valence-electron chi connectivity index (χ1n) is 8.63. The van der Waals surface area contributed by atoms with E-state index >= 15 is 0 Å². The van der Waals surface area contributed by atoms with Crippen LogP contribution in [0.15, 0.2) is 24.3 Å². The first-order chi connectivity index (χ1) is 12.9. The minimum Gasteiger partial charge on any atom is -0.334 e. The third kappa shape index (κ3) is 6.11. The van der Waals surface area contributed by atoms with Crippen LogP contribution in [0.5, 0.6) is 0 Å². The summed E-state index contributed by atoms with van der Waals surface area (Å²) < 4.78 is 61.3. The van der Waals surface area contributed by atoms with Crippen molar-refractivity contribution in [3.63, 3.8) is 0 Å². The van der Waals surface area contributed by atoms with Gasteiger partial charge in [-0.25, -0.2) is 13.2 Å². The number of halogens is 3. The zero-order valence-corrected chi connectivity index (χ0v) is 16.2. The number of alkyl halides is 3. The molecule has 1 aliphatic heterocycles. The van der Waals surface area contributed by atoms with E-state index in [2.05, 4.69) is 16.0 Å². The smallest absolute Gasteiger partial charge is 0.334 e. The number of carbonyl (C=O) groups excluding carboxylic acids is 2. The molecule has 3 N–H and O–H groups in total. The maximum absolute atomic E-state index is 12.8. The van der Waals surface area contributed by atoms with Crippen molar-refractivity contribution in [2.45, 2.75) is 38.5 Å². The van der Waals surface area contributed by atoms with Crippen LogP contribution < -0.4 is 16.0 Å². The Morgan fingerprint density at radius 2 is 1.89 bits per heavy atom. The summed E-state index contributed by atoms with van der Waals surface area (Å²) in [5.74, 6) is -1.21. The van der Waals surface area contributed by atoms with Gasteiger partial charge in [-0.2, -0.15) is 13.2 Å². The van der Waals surface area contributed by atoms with E-state index in [9.17, 15) is 31.2 Å². The number of hydrogen-bond donors (Lipinski definition) is 3. The van der Waals surface area contributed by atoms with Gasteiger partial charge in [0.25, 0.3) is 0 Å². The number of nitrogens with one attached hydrogen (secondary N) is 3. The molecule has 1 saturated heterocycles. The molecule has 1 aromatic carbocycles. The van der Waals surface area contributed by atoms with Crippen molar-refractivity contribution in [2.24, 2.45) is 5.92 Å². The molecule has 0 bridgehead atoms. The van der Waals surface area contributed by atoms with Crippen molar-refractivity contribution >= 4 is 27.5 Å². The molecule has 28 heavy (non-hydrogen) atoms. The number of urea groups is 1. The monoisotopic (exact) mass is 421 g/mol. The fourth-order valence-corrected chi connectivity index (χ4v) is 4.48. The first-order valence-corrected chi connectivity index (χ1v) is 10.4. The minimum absolute atomic E-state index is 0.0123. The van der Waals surface area contributed by atoms with Gasteiger partial charge in [0.1, 0.15) is 6.04 Å². The topological polar surface area (TPSA) is 104 Å². The molecular weight excluding hydrogens is 399 g/mol. The van der Waals surface area contributed by atoms with Crippen LogP contribution in [-0.4, -0.2) is 43.9 Å². The Balaban J connectivity index is 2.01. The van der Waals surface area contributed by atoms with Crippen LogP contribution in [0.4, 0.5) is 23.7 Å². The zero-order valence-electron chi connectivity index (χ0n) is 15.3. The Morgan fingerprint density at radius 3 is 2.43 bits per heavy atom. The average molecular weight is 421 g/mol. The summed E-state index contributed by atoms with van der Waals surface area (Å²) in [5, 5.41) is 7.34. The summed E-state index contributed by atoms with van der Waals surface area (Å²) in [6.45, 7) is 3.33. The molecule has 156 valence electrons. The molecule has 1 fully saturated rings. The number of hydrogen-bond acceptors (Lipinski definition) is 4. The van der Waals surface area contributed by atoms with Gasteiger partial charge in [-0.1, -0.05) is 19.9 Å². The fourth-order valence-electron chi connectivity index (χ4n) is 2.81. The van der Waals surface area contributed by atoms with E-state index in [4.69, 9.17) is 0 Å². The van der Waals surface area contributed by atoms with Gasteiger partial charge in [-0.3, -0.25) is 4.79 Å². The lowest BCUT2D eigenvalue weighted by atomic mass is 10.0. The van der Waals surface area contributed by atoms with E-state index in [0.29, 0.717) is 6.42 Å². The summed E-state index contributed by atoms with van der Waals surface area (Å²) in [6.07, 6.45) is -4.25. The largest absolute Gasteiger partial charge is 0.416 e. The van der Waals surface area contributed by atoms with Crippen molar-refractivity contribution in [1.82, 2.24) is 10.6 Å². The Kier molecular flexibility index (Phi) is 6.58. The summed E-state index contributed by atoms with van der Waals surface area (Å²) in [6, 6.07) is 1.91. The van der Waals surface area contributed by atoms with Crippen LogP contribution in [0.1, 0.15) is 25.8 Å². The molecule has 11 heteroatoms. The van der Waals surface area contributed by atoms with Crippen LogP contribution in [-0.2, 0) is 20.8 Å². The van der Waals surface area contributed by atoms with Crippen molar-refractivity contribution in [3.8, 4) is 0 Å². The second-order valence-corrected chi connectivity index (χ2v) is 9.24. The Morgan fingerprint density at radius 1 is 1.21 bits per heavy atom. The number of sulfone groups is 1. The first kappa shape index (κ1) is 22.0. The highest BCUT2D eigenvalue weighted by Gasteiger charge is 2.32. The third-order valence-corrected chi connectivity index (χ3v) is 6.03. The Hall–Kier alpha value is -2.30. The van der Waals surface area contributed by atoms with E-state index in [1.165, 1.54) is 12.1 Å². The highest BCUT2D eigenvalue weighted by Crippen LogP contribution is 2.30. The van der Waals surface area contributed by atoms with E-state index in [0.717, 1.165) is 12.1 Å². The molecule has 1 heterocycles. The predicted molar refractivity (Wildman–Crippen MR) is 97.4 cm³/mol. The van der Waals surface area contributed by atoms with E-state index in [1.807, 2.05) is 0 Å². The second kappa shape index (κ2) is 8.38. The molecule has 0 spiro atoms. The van der Waals surface area contributed by atoms with Gasteiger partial charge in [0, 0.05) is 11.7 Å². The predicted octanol–water partition coefficient (Wildman–Crippen LogP) is 2.15. The van der Waals surface area contributed by atoms with Gasteiger partial charge in [-0.05, 0) is 30.5 Å². The summed E-state index contributed by atoms with van der Waals surface area (Å²) in [7, 11) is -3.17. The molecule has 2 atom stereocenters. The highest BCUT2D eigenvalue weighted by atomic mass is 32.2.